The molecule has 0 aliphatic heterocycles. The maximum absolute atomic E-state index is 12.4. The van der Waals surface area contributed by atoms with E-state index in [1.165, 1.54) is 14.2 Å². The summed E-state index contributed by atoms with van der Waals surface area (Å²) in [5, 5.41) is 0.378. The topological polar surface area (TPSA) is 52.6 Å². The maximum atomic E-state index is 12.4. The molecule has 1 aromatic rings. The molecule has 17 heavy (non-hydrogen) atoms. The molecular formula is C12H13O4P. The highest BCUT2D eigenvalue weighted by molar-refractivity contribution is 7.65. The second kappa shape index (κ2) is 4.22. The number of rotatable bonds is 3. The first-order chi connectivity index (χ1) is 8.05. The highest BCUT2D eigenvalue weighted by Gasteiger charge is 2.39. The molecule has 0 N–H and O–H groups in total. The molecule has 5 heteroatoms. The summed E-state index contributed by atoms with van der Waals surface area (Å²) in [6.45, 7) is 1.64. The van der Waals surface area contributed by atoms with Gasteiger partial charge in [-0.3, -0.25) is 9.36 Å². The van der Waals surface area contributed by atoms with Crippen LogP contribution in [-0.4, -0.2) is 20.0 Å². The van der Waals surface area contributed by atoms with E-state index in [4.69, 9.17) is 9.05 Å². The average molecular weight is 252 g/mol. The van der Waals surface area contributed by atoms with Crippen LogP contribution in [0.1, 0.15) is 22.8 Å². The van der Waals surface area contributed by atoms with Crippen molar-refractivity contribution in [2.45, 2.75) is 6.92 Å². The smallest absolute Gasteiger partial charge is 0.309 e. The highest BCUT2D eigenvalue weighted by Crippen LogP contribution is 2.63. The van der Waals surface area contributed by atoms with Crippen molar-refractivity contribution in [3.05, 3.63) is 41.0 Å². The summed E-state index contributed by atoms with van der Waals surface area (Å²) in [4.78, 5) is 12.0. The summed E-state index contributed by atoms with van der Waals surface area (Å²) in [7, 11) is -0.765. The molecule has 0 unspecified atom stereocenters. The number of ketones is 1. The first kappa shape index (κ1) is 12.2. The number of carbonyl (C=O) groups excluding carboxylic acids is 1. The Hall–Kier alpha value is -1.22. The third kappa shape index (κ3) is 1.69. The van der Waals surface area contributed by atoms with E-state index in [0.29, 0.717) is 22.0 Å². The van der Waals surface area contributed by atoms with Gasteiger partial charge in [-0.25, -0.2) is 0 Å². The highest BCUT2D eigenvalue weighted by atomic mass is 31.2. The molecule has 0 saturated carbocycles. The fourth-order valence-electron chi connectivity index (χ4n) is 2.01. The molecule has 0 bridgehead atoms. The number of fused-ring (bicyclic) bond motifs is 1. The third-order valence-corrected chi connectivity index (χ3v) is 4.96. The summed E-state index contributed by atoms with van der Waals surface area (Å²) < 4.78 is 22.4. The van der Waals surface area contributed by atoms with Gasteiger partial charge in [0.25, 0.3) is 0 Å². The van der Waals surface area contributed by atoms with Crippen molar-refractivity contribution < 1.29 is 18.4 Å². The van der Waals surface area contributed by atoms with Gasteiger partial charge >= 0.3 is 7.60 Å². The van der Waals surface area contributed by atoms with Crippen LogP contribution in [0.3, 0.4) is 0 Å². The monoisotopic (exact) mass is 252 g/mol. The molecule has 0 heterocycles. The SMILES string of the molecule is COP(=O)(OC)C1=C(C)C(=O)c2ccccc21. The molecule has 0 aromatic heterocycles. The van der Waals surface area contributed by atoms with E-state index in [1.807, 2.05) is 0 Å². The number of allylic oxidation sites excluding steroid dienone is 1. The molecule has 0 saturated heterocycles. The van der Waals surface area contributed by atoms with Crippen molar-refractivity contribution in [3.8, 4) is 0 Å². The van der Waals surface area contributed by atoms with Crippen molar-refractivity contribution in [1.82, 2.24) is 0 Å². The van der Waals surface area contributed by atoms with Crippen LogP contribution in [0.15, 0.2) is 29.8 Å². The largest absolute Gasteiger partial charge is 0.361 e. The van der Waals surface area contributed by atoms with Crippen LogP contribution in [0.5, 0.6) is 0 Å². The zero-order valence-electron chi connectivity index (χ0n) is 9.89. The Bertz CT molecular complexity index is 551. The fraction of sp³-hybridized carbons (Fsp3) is 0.250. The van der Waals surface area contributed by atoms with E-state index >= 15 is 0 Å². The molecule has 0 spiro atoms. The molecule has 90 valence electrons. The fourth-order valence-corrected chi connectivity index (χ4v) is 3.53. The molecule has 4 nitrogen and oxygen atoms in total. The van der Waals surface area contributed by atoms with Crippen molar-refractivity contribution in [1.29, 1.82) is 0 Å². The first-order valence-corrected chi connectivity index (χ1v) is 6.66. The quantitative estimate of drug-likeness (QED) is 0.775. The lowest BCUT2D eigenvalue weighted by molar-refractivity contribution is 0.103. The number of hydrogen-bond acceptors (Lipinski definition) is 4. The van der Waals surface area contributed by atoms with Gasteiger partial charge in [-0.05, 0) is 6.92 Å². The molecule has 1 aromatic carbocycles. The van der Waals surface area contributed by atoms with Gasteiger partial charge in [0, 0.05) is 30.9 Å². The molecule has 0 atom stereocenters. The zero-order valence-corrected chi connectivity index (χ0v) is 10.8. The Morgan fingerprint density at radius 1 is 1.06 bits per heavy atom. The Kier molecular flexibility index (Phi) is 3.04. The maximum Gasteiger partial charge on any atom is 0.361 e. The van der Waals surface area contributed by atoms with Gasteiger partial charge < -0.3 is 9.05 Å². The molecule has 0 fully saturated rings. The Morgan fingerprint density at radius 3 is 2.12 bits per heavy atom. The van der Waals surface area contributed by atoms with Crippen molar-refractivity contribution >= 4 is 18.7 Å². The third-order valence-electron chi connectivity index (χ3n) is 2.88. The molecule has 0 amide bonds. The number of hydrogen-bond donors (Lipinski definition) is 0. The molecule has 2 rings (SSSR count). The van der Waals surface area contributed by atoms with Gasteiger partial charge in [-0.2, -0.15) is 0 Å². The minimum absolute atomic E-state index is 0.120. The predicted octanol–water partition coefficient (Wildman–Crippen LogP) is 3.10. The van der Waals surface area contributed by atoms with Crippen LogP contribution < -0.4 is 0 Å². The summed E-state index contributed by atoms with van der Waals surface area (Å²) in [6, 6.07) is 7.03. The number of benzene rings is 1. The Balaban J connectivity index is 2.70. The van der Waals surface area contributed by atoms with Gasteiger partial charge in [0.1, 0.15) is 0 Å². The average Bonchev–Trinajstić information content (AvgIpc) is 2.62. The number of Topliss-reactive ketones (excluding diaryl/α,β-unsaturated/α-hetero) is 1. The predicted molar refractivity (Wildman–Crippen MR) is 65.0 cm³/mol. The van der Waals surface area contributed by atoms with Crippen molar-refractivity contribution in [2.24, 2.45) is 0 Å². The summed E-state index contributed by atoms with van der Waals surface area (Å²) >= 11 is 0. The lowest BCUT2D eigenvalue weighted by Gasteiger charge is -2.16. The van der Waals surface area contributed by atoms with Crippen LogP contribution in [0.4, 0.5) is 0 Å². The van der Waals surface area contributed by atoms with Gasteiger partial charge in [0.05, 0.1) is 5.31 Å². The van der Waals surface area contributed by atoms with E-state index in [1.54, 1.807) is 31.2 Å². The Labute approximate surface area is 99.8 Å². The molecule has 1 aliphatic rings. The summed E-state index contributed by atoms with van der Waals surface area (Å²) in [6.07, 6.45) is 0. The lowest BCUT2D eigenvalue weighted by atomic mass is 10.1. The molecule has 0 radical (unpaired) electrons. The van der Waals surface area contributed by atoms with Gasteiger partial charge in [0.2, 0.25) is 0 Å². The van der Waals surface area contributed by atoms with E-state index < -0.39 is 7.60 Å². The lowest BCUT2D eigenvalue weighted by Crippen LogP contribution is -1.94. The van der Waals surface area contributed by atoms with Gasteiger partial charge in [-0.15, -0.1) is 0 Å². The minimum Gasteiger partial charge on any atom is -0.309 e. The van der Waals surface area contributed by atoms with E-state index in [2.05, 4.69) is 0 Å². The van der Waals surface area contributed by atoms with Crippen LogP contribution >= 0.6 is 7.60 Å². The van der Waals surface area contributed by atoms with E-state index in [-0.39, 0.29) is 5.78 Å². The minimum atomic E-state index is -3.40. The second-order valence-corrected chi connectivity index (χ2v) is 5.88. The standard InChI is InChI=1S/C12H13O4P/c1-8-11(13)9-6-4-5-7-10(9)12(8)17(14,15-2)16-3/h4-7H,1-3H3. The van der Waals surface area contributed by atoms with E-state index in [0.717, 1.165) is 0 Å². The molecular weight excluding hydrogens is 239 g/mol. The normalized spacial score (nSPS) is 15.4. The van der Waals surface area contributed by atoms with Crippen LogP contribution in [0, 0.1) is 0 Å². The van der Waals surface area contributed by atoms with Crippen molar-refractivity contribution in [3.63, 3.8) is 0 Å². The molecule has 1 aliphatic carbocycles. The van der Waals surface area contributed by atoms with E-state index in [9.17, 15) is 9.36 Å². The summed E-state index contributed by atoms with van der Waals surface area (Å²) in [5.74, 6) is -0.120. The van der Waals surface area contributed by atoms with Crippen LogP contribution in [-0.2, 0) is 13.6 Å². The summed E-state index contributed by atoms with van der Waals surface area (Å²) in [5.41, 5.74) is 1.62. The Morgan fingerprint density at radius 2 is 1.59 bits per heavy atom. The second-order valence-electron chi connectivity index (χ2n) is 3.71. The van der Waals surface area contributed by atoms with Crippen LogP contribution in [0.2, 0.25) is 0 Å². The van der Waals surface area contributed by atoms with Gasteiger partial charge in [-0.1, -0.05) is 24.3 Å². The first-order valence-electron chi connectivity index (χ1n) is 5.12. The zero-order chi connectivity index (χ0) is 12.6. The van der Waals surface area contributed by atoms with Gasteiger partial charge in [0.15, 0.2) is 5.78 Å². The van der Waals surface area contributed by atoms with Crippen molar-refractivity contribution in [2.75, 3.05) is 14.2 Å². The number of carbonyl (C=O) groups is 1. The van der Waals surface area contributed by atoms with Crippen LogP contribution in [0.25, 0.3) is 5.31 Å².